The molecule has 0 bridgehead atoms. The van der Waals surface area contributed by atoms with E-state index in [9.17, 15) is 0 Å². The standard InChI is InChI=1S/C26H26N2/c1-18-8-10-22(11-9-18)16-23-6-5-7-24(17-23)26-27-12-13-28(26)25-20(3)14-19(2)15-21(25)4/h5-15,17H,16H2,1-4H3. The summed E-state index contributed by atoms with van der Waals surface area (Å²) in [6, 6.07) is 22.0. The lowest BCUT2D eigenvalue weighted by molar-refractivity contribution is 1.03. The first kappa shape index (κ1) is 18.2. The lowest BCUT2D eigenvalue weighted by Crippen LogP contribution is -2.02. The van der Waals surface area contributed by atoms with Gasteiger partial charge in [-0.1, -0.05) is 65.7 Å². The van der Waals surface area contributed by atoms with Gasteiger partial charge < -0.3 is 0 Å². The van der Waals surface area contributed by atoms with Crippen molar-refractivity contribution in [2.75, 3.05) is 0 Å². The Hall–Kier alpha value is -3.13. The lowest BCUT2D eigenvalue weighted by Gasteiger charge is -2.15. The van der Waals surface area contributed by atoms with E-state index in [1.807, 2.05) is 6.20 Å². The van der Waals surface area contributed by atoms with Crippen LogP contribution in [0.25, 0.3) is 17.1 Å². The van der Waals surface area contributed by atoms with E-state index in [-0.39, 0.29) is 0 Å². The number of aryl methyl sites for hydroxylation is 4. The van der Waals surface area contributed by atoms with Crippen LogP contribution in [0.15, 0.2) is 73.1 Å². The fraction of sp³-hybridized carbons (Fsp3) is 0.192. The highest BCUT2D eigenvalue weighted by molar-refractivity contribution is 5.62. The molecule has 0 saturated carbocycles. The molecule has 2 nitrogen and oxygen atoms in total. The molecule has 0 unspecified atom stereocenters. The van der Waals surface area contributed by atoms with E-state index < -0.39 is 0 Å². The molecule has 3 aromatic carbocycles. The second kappa shape index (κ2) is 7.47. The predicted octanol–water partition coefficient (Wildman–Crippen LogP) is 6.36. The van der Waals surface area contributed by atoms with E-state index in [0.29, 0.717) is 0 Å². The molecule has 140 valence electrons. The van der Waals surface area contributed by atoms with Crippen molar-refractivity contribution in [3.05, 3.63) is 106 Å². The number of imidazole rings is 1. The Balaban J connectivity index is 1.72. The summed E-state index contributed by atoms with van der Waals surface area (Å²) in [6.45, 7) is 8.62. The van der Waals surface area contributed by atoms with Gasteiger partial charge in [-0.15, -0.1) is 0 Å². The fourth-order valence-corrected chi connectivity index (χ4v) is 4.01. The van der Waals surface area contributed by atoms with Crippen LogP contribution in [-0.2, 0) is 6.42 Å². The Bertz CT molecular complexity index is 1090. The zero-order valence-corrected chi connectivity index (χ0v) is 17.0. The second-order valence-electron chi connectivity index (χ2n) is 7.73. The third kappa shape index (κ3) is 3.63. The molecule has 0 aliphatic heterocycles. The SMILES string of the molecule is Cc1ccc(Cc2cccc(-c3nccn3-c3c(C)cc(C)cc3C)c2)cc1. The van der Waals surface area contributed by atoms with E-state index in [2.05, 4.69) is 99.1 Å². The lowest BCUT2D eigenvalue weighted by atomic mass is 10.0. The summed E-state index contributed by atoms with van der Waals surface area (Å²) in [5.74, 6) is 0.987. The molecule has 0 fully saturated rings. The average Bonchev–Trinajstić information content (AvgIpc) is 3.12. The molecule has 4 aromatic rings. The molecule has 4 rings (SSSR count). The maximum Gasteiger partial charge on any atom is 0.144 e. The molecule has 1 heterocycles. The molecule has 1 aromatic heterocycles. The topological polar surface area (TPSA) is 17.8 Å². The van der Waals surface area contributed by atoms with Gasteiger partial charge in [0.25, 0.3) is 0 Å². The highest BCUT2D eigenvalue weighted by atomic mass is 15.1. The van der Waals surface area contributed by atoms with Gasteiger partial charge in [0.15, 0.2) is 0 Å². The summed E-state index contributed by atoms with van der Waals surface area (Å²) in [4.78, 5) is 4.69. The number of hydrogen-bond donors (Lipinski definition) is 0. The van der Waals surface area contributed by atoms with Crippen LogP contribution in [0.3, 0.4) is 0 Å². The van der Waals surface area contributed by atoms with E-state index in [1.54, 1.807) is 0 Å². The molecule has 0 amide bonds. The average molecular weight is 367 g/mol. The highest BCUT2D eigenvalue weighted by Gasteiger charge is 2.13. The number of nitrogens with zero attached hydrogens (tertiary/aromatic N) is 2. The fourth-order valence-electron chi connectivity index (χ4n) is 4.01. The summed E-state index contributed by atoms with van der Waals surface area (Å²) in [7, 11) is 0. The zero-order valence-electron chi connectivity index (χ0n) is 17.0. The Morgan fingerprint density at radius 1 is 0.750 bits per heavy atom. The van der Waals surface area contributed by atoms with Gasteiger partial charge in [0.1, 0.15) is 5.82 Å². The van der Waals surface area contributed by atoms with Crippen LogP contribution in [-0.4, -0.2) is 9.55 Å². The molecule has 0 atom stereocenters. The van der Waals surface area contributed by atoms with Crippen molar-refractivity contribution in [1.82, 2.24) is 9.55 Å². The van der Waals surface area contributed by atoms with E-state index >= 15 is 0 Å². The number of aromatic nitrogens is 2. The van der Waals surface area contributed by atoms with Crippen molar-refractivity contribution >= 4 is 0 Å². The summed E-state index contributed by atoms with van der Waals surface area (Å²) in [6.07, 6.45) is 4.88. The molecule has 0 N–H and O–H groups in total. The normalized spacial score (nSPS) is 11.0. The van der Waals surface area contributed by atoms with Crippen LogP contribution < -0.4 is 0 Å². The summed E-state index contributed by atoms with van der Waals surface area (Å²) >= 11 is 0. The highest BCUT2D eigenvalue weighted by Crippen LogP contribution is 2.27. The first-order chi connectivity index (χ1) is 13.5. The second-order valence-corrected chi connectivity index (χ2v) is 7.73. The van der Waals surface area contributed by atoms with E-state index in [1.165, 1.54) is 39.1 Å². The van der Waals surface area contributed by atoms with Crippen LogP contribution in [0.5, 0.6) is 0 Å². The summed E-state index contributed by atoms with van der Waals surface area (Å²) in [5, 5.41) is 0. The van der Waals surface area contributed by atoms with Crippen LogP contribution in [0.2, 0.25) is 0 Å². The smallest absolute Gasteiger partial charge is 0.144 e. The van der Waals surface area contributed by atoms with Gasteiger partial charge in [0, 0.05) is 18.0 Å². The van der Waals surface area contributed by atoms with Crippen LogP contribution in [0.4, 0.5) is 0 Å². The Morgan fingerprint density at radius 2 is 1.46 bits per heavy atom. The zero-order chi connectivity index (χ0) is 19.7. The molecule has 0 radical (unpaired) electrons. The van der Waals surface area contributed by atoms with Crippen molar-refractivity contribution in [3.63, 3.8) is 0 Å². The Labute approximate surface area is 167 Å². The molecule has 0 saturated heterocycles. The van der Waals surface area contributed by atoms with Crippen molar-refractivity contribution < 1.29 is 0 Å². The minimum absolute atomic E-state index is 0.928. The van der Waals surface area contributed by atoms with Crippen LogP contribution >= 0.6 is 0 Å². The molecule has 28 heavy (non-hydrogen) atoms. The minimum atomic E-state index is 0.928. The van der Waals surface area contributed by atoms with E-state index in [0.717, 1.165) is 17.8 Å². The maximum atomic E-state index is 4.69. The van der Waals surface area contributed by atoms with Crippen molar-refractivity contribution in [2.24, 2.45) is 0 Å². The number of rotatable bonds is 4. The molecule has 0 aliphatic rings. The van der Waals surface area contributed by atoms with E-state index in [4.69, 9.17) is 4.98 Å². The van der Waals surface area contributed by atoms with Crippen molar-refractivity contribution in [2.45, 2.75) is 34.1 Å². The van der Waals surface area contributed by atoms with Gasteiger partial charge in [-0.3, -0.25) is 4.57 Å². The monoisotopic (exact) mass is 366 g/mol. The molecule has 2 heteroatoms. The van der Waals surface area contributed by atoms with Gasteiger partial charge in [0.2, 0.25) is 0 Å². The van der Waals surface area contributed by atoms with Gasteiger partial charge in [-0.2, -0.15) is 0 Å². The van der Waals surface area contributed by atoms with Gasteiger partial charge in [0.05, 0.1) is 5.69 Å². The van der Waals surface area contributed by atoms with Gasteiger partial charge in [-0.25, -0.2) is 4.98 Å². The molecular formula is C26H26N2. The number of benzene rings is 3. The van der Waals surface area contributed by atoms with Crippen molar-refractivity contribution in [1.29, 1.82) is 0 Å². The predicted molar refractivity (Wildman–Crippen MR) is 117 cm³/mol. The molecular weight excluding hydrogens is 340 g/mol. The quantitative estimate of drug-likeness (QED) is 0.411. The first-order valence-electron chi connectivity index (χ1n) is 9.78. The first-order valence-corrected chi connectivity index (χ1v) is 9.78. The minimum Gasteiger partial charge on any atom is -0.299 e. The van der Waals surface area contributed by atoms with Gasteiger partial charge in [-0.05, 0) is 62.4 Å². The third-order valence-corrected chi connectivity index (χ3v) is 5.23. The van der Waals surface area contributed by atoms with Crippen molar-refractivity contribution in [3.8, 4) is 17.1 Å². The third-order valence-electron chi connectivity index (χ3n) is 5.23. The molecule has 0 aliphatic carbocycles. The van der Waals surface area contributed by atoms with Crippen LogP contribution in [0, 0.1) is 27.7 Å². The Morgan fingerprint density at radius 3 is 2.18 bits per heavy atom. The van der Waals surface area contributed by atoms with Gasteiger partial charge >= 0.3 is 0 Å². The summed E-state index contributed by atoms with van der Waals surface area (Å²) in [5.41, 5.74) is 10.1. The maximum absolute atomic E-state index is 4.69. The van der Waals surface area contributed by atoms with Crippen LogP contribution in [0.1, 0.15) is 33.4 Å². The molecule has 0 spiro atoms. The summed E-state index contributed by atoms with van der Waals surface area (Å²) < 4.78 is 2.22. The number of hydrogen-bond acceptors (Lipinski definition) is 1. The Kier molecular flexibility index (Phi) is 4.87. The largest absolute Gasteiger partial charge is 0.299 e.